The first-order chi connectivity index (χ1) is 15.0. The fourth-order valence-corrected chi connectivity index (χ4v) is 4.07. The van der Waals surface area contributed by atoms with Crippen LogP contribution in [0.25, 0.3) is 0 Å². The van der Waals surface area contributed by atoms with Crippen molar-refractivity contribution in [3.05, 3.63) is 59.2 Å². The summed E-state index contributed by atoms with van der Waals surface area (Å²) in [6.45, 7) is 6.50. The van der Waals surface area contributed by atoms with Gasteiger partial charge in [-0.2, -0.15) is 0 Å². The molecule has 1 saturated heterocycles. The van der Waals surface area contributed by atoms with Gasteiger partial charge in [0.05, 0.1) is 13.7 Å². The van der Waals surface area contributed by atoms with E-state index in [1.165, 1.54) is 5.56 Å². The van der Waals surface area contributed by atoms with Gasteiger partial charge in [0.15, 0.2) is 0 Å². The smallest absolute Gasteiger partial charge is 0.238 e. The number of likely N-dealkylation sites (tertiary alicyclic amines) is 1. The lowest BCUT2D eigenvalue weighted by molar-refractivity contribution is -0.126. The molecule has 0 unspecified atom stereocenters. The van der Waals surface area contributed by atoms with Gasteiger partial charge in [0.25, 0.3) is 0 Å². The number of ether oxygens (including phenoxy) is 1. The second-order valence-electron chi connectivity index (χ2n) is 8.27. The number of benzene rings is 2. The molecule has 6 nitrogen and oxygen atoms in total. The summed E-state index contributed by atoms with van der Waals surface area (Å²) >= 11 is 0. The van der Waals surface area contributed by atoms with E-state index in [1.54, 1.807) is 7.11 Å². The van der Waals surface area contributed by atoms with Gasteiger partial charge in [0.2, 0.25) is 11.8 Å². The third-order valence-electron chi connectivity index (χ3n) is 5.87. The second kappa shape index (κ2) is 11.0. The summed E-state index contributed by atoms with van der Waals surface area (Å²) in [7, 11) is 1.66. The van der Waals surface area contributed by atoms with Crippen molar-refractivity contribution in [3.63, 3.8) is 0 Å². The minimum Gasteiger partial charge on any atom is -0.496 e. The number of nitrogens with zero attached hydrogens (tertiary/aromatic N) is 1. The third kappa shape index (κ3) is 6.56. The summed E-state index contributed by atoms with van der Waals surface area (Å²) in [5.41, 5.74) is 4.20. The van der Waals surface area contributed by atoms with Gasteiger partial charge in [0.1, 0.15) is 5.75 Å². The number of carbonyl (C=O) groups is 2. The Morgan fingerprint density at radius 1 is 1.10 bits per heavy atom. The number of amides is 2. The van der Waals surface area contributed by atoms with Gasteiger partial charge in [-0.15, -0.1) is 0 Å². The number of rotatable bonds is 8. The van der Waals surface area contributed by atoms with Gasteiger partial charge in [-0.1, -0.05) is 35.9 Å². The number of methoxy groups -OCH3 is 1. The molecule has 2 amide bonds. The third-order valence-corrected chi connectivity index (χ3v) is 5.87. The molecule has 6 heteroatoms. The number of para-hydroxylation sites is 1. The molecule has 2 aromatic carbocycles. The van der Waals surface area contributed by atoms with E-state index in [9.17, 15) is 9.59 Å². The Morgan fingerprint density at radius 2 is 1.84 bits per heavy atom. The molecule has 0 saturated carbocycles. The van der Waals surface area contributed by atoms with Gasteiger partial charge in [0, 0.05) is 18.2 Å². The van der Waals surface area contributed by atoms with Crippen LogP contribution in [-0.2, 0) is 16.0 Å². The van der Waals surface area contributed by atoms with Gasteiger partial charge in [-0.05, 0) is 69.5 Å². The van der Waals surface area contributed by atoms with Crippen LogP contribution in [0.4, 0.5) is 5.69 Å². The van der Waals surface area contributed by atoms with E-state index >= 15 is 0 Å². The Bertz CT molecular complexity index is 905. The van der Waals surface area contributed by atoms with Gasteiger partial charge >= 0.3 is 0 Å². The Balaban J connectivity index is 1.38. The fourth-order valence-electron chi connectivity index (χ4n) is 4.07. The van der Waals surface area contributed by atoms with Crippen LogP contribution < -0.4 is 15.4 Å². The highest BCUT2D eigenvalue weighted by Gasteiger charge is 2.25. The topological polar surface area (TPSA) is 70.7 Å². The molecule has 3 rings (SSSR count). The van der Waals surface area contributed by atoms with E-state index in [-0.39, 0.29) is 17.7 Å². The lowest BCUT2D eigenvalue weighted by Crippen LogP contribution is -2.43. The van der Waals surface area contributed by atoms with E-state index in [1.807, 2.05) is 50.2 Å². The number of piperidine rings is 1. The molecular weight excluding hydrogens is 390 g/mol. The van der Waals surface area contributed by atoms with E-state index in [2.05, 4.69) is 21.6 Å². The second-order valence-corrected chi connectivity index (χ2v) is 8.27. The first-order valence-corrected chi connectivity index (χ1v) is 11.0. The average Bonchev–Trinajstić information content (AvgIpc) is 2.76. The Kier molecular flexibility index (Phi) is 8.06. The lowest BCUT2D eigenvalue weighted by atomic mass is 9.96. The molecule has 0 aromatic heterocycles. The van der Waals surface area contributed by atoms with Crippen LogP contribution >= 0.6 is 0 Å². The van der Waals surface area contributed by atoms with Crippen molar-refractivity contribution in [2.45, 2.75) is 33.1 Å². The van der Waals surface area contributed by atoms with Crippen molar-refractivity contribution in [2.75, 3.05) is 38.6 Å². The highest BCUT2D eigenvalue weighted by Crippen LogP contribution is 2.20. The summed E-state index contributed by atoms with van der Waals surface area (Å²) in [6.07, 6.45) is 2.29. The maximum atomic E-state index is 12.5. The van der Waals surface area contributed by atoms with Crippen LogP contribution in [0.2, 0.25) is 0 Å². The zero-order valence-electron chi connectivity index (χ0n) is 18.7. The zero-order chi connectivity index (χ0) is 22.2. The quantitative estimate of drug-likeness (QED) is 0.683. The molecule has 166 valence electrons. The Hall–Kier alpha value is -2.86. The molecule has 1 aliphatic heterocycles. The van der Waals surface area contributed by atoms with Crippen LogP contribution in [0.15, 0.2) is 42.5 Å². The van der Waals surface area contributed by atoms with E-state index in [0.717, 1.165) is 54.9 Å². The molecule has 0 atom stereocenters. The fraction of sp³-hybridized carbons (Fsp3) is 0.440. The van der Waals surface area contributed by atoms with Crippen molar-refractivity contribution in [1.82, 2.24) is 10.2 Å². The van der Waals surface area contributed by atoms with E-state index in [0.29, 0.717) is 13.1 Å². The number of aryl methyl sites for hydroxylation is 2. The maximum absolute atomic E-state index is 12.5. The number of anilines is 1. The molecule has 1 fully saturated rings. The predicted molar refractivity (Wildman–Crippen MR) is 123 cm³/mol. The molecule has 0 aliphatic carbocycles. The van der Waals surface area contributed by atoms with Gasteiger partial charge < -0.3 is 15.4 Å². The summed E-state index contributed by atoms with van der Waals surface area (Å²) in [4.78, 5) is 27.1. The number of hydrogen-bond acceptors (Lipinski definition) is 4. The van der Waals surface area contributed by atoms with Crippen molar-refractivity contribution < 1.29 is 14.3 Å². The van der Waals surface area contributed by atoms with Crippen LogP contribution in [0.1, 0.15) is 29.5 Å². The van der Waals surface area contributed by atoms with Gasteiger partial charge in [-0.25, -0.2) is 0 Å². The molecule has 2 N–H and O–H groups in total. The highest BCUT2D eigenvalue weighted by molar-refractivity contribution is 5.93. The molecule has 31 heavy (non-hydrogen) atoms. The molecule has 2 aromatic rings. The summed E-state index contributed by atoms with van der Waals surface area (Å²) in [6, 6.07) is 13.9. The molecule has 1 heterocycles. The standard InChI is InChI=1S/C25H33N3O3/c1-18-8-9-22(19(2)16-18)27-24(29)17-28-14-11-21(12-15-28)25(30)26-13-10-20-6-4-5-7-23(20)31-3/h4-9,16,21H,10-15,17H2,1-3H3,(H,26,30)(H,27,29). The van der Waals surface area contributed by atoms with Crippen LogP contribution in [-0.4, -0.2) is 50.0 Å². The minimum absolute atomic E-state index is 0.00772. The largest absolute Gasteiger partial charge is 0.496 e. The lowest BCUT2D eigenvalue weighted by Gasteiger charge is -2.30. The first kappa shape index (κ1) is 22.8. The summed E-state index contributed by atoms with van der Waals surface area (Å²) in [5, 5.41) is 6.06. The molecule has 1 aliphatic rings. The van der Waals surface area contributed by atoms with Crippen LogP contribution in [0.5, 0.6) is 5.75 Å². The number of nitrogens with one attached hydrogen (secondary N) is 2. The van der Waals surface area contributed by atoms with Crippen molar-refractivity contribution in [1.29, 1.82) is 0 Å². The van der Waals surface area contributed by atoms with Crippen molar-refractivity contribution in [2.24, 2.45) is 5.92 Å². The normalized spacial score (nSPS) is 14.8. The summed E-state index contributed by atoms with van der Waals surface area (Å²) < 4.78 is 5.36. The molecule has 0 spiro atoms. The summed E-state index contributed by atoms with van der Waals surface area (Å²) in [5.74, 6) is 0.960. The Morgan fingerprint density at radius 3 is 2.55 bits per heavy atom. The van der Waals surface area contributed by atoms with Crippen molar-refractivity contribution >= 4 is 17.5 Å². The predicted octanol–water partition coefficient (Wildman–Crippen LogP) is 3.32. The molecule has 0 bridgehead atoms. The van der Waals surface area contributed by atoms with Crippen molar-refractivity contribution in [3.8, 4) is 5.75 Å². The SMILES string of the molecule is COc1ccccc1CCNC(=O)C1CCN(CC(=O)Nc2ccc(C)cc2C)CC1. The van der Waals surface area contributed by atoms with Crippen LogP contribution in [0.3, 0.4) is 0 Å². The maximum Gasteiger partial charge on any atom is 0.238 e. The number of carbonyl (C=O) groups excluding carboxylic acids is 2. The minimum atomic E-state index is -0.00772. The number of hydrogen-bond donors (Lipinski definition) is 2. The first-order valence-electron chi connectivity index (χ1n) is 11.0. The monoisotopic (exact) mass is 423 g/mol. The van der Waals surface area contributed by atoms with E-state index in [4.69, 9.17) is 4.74 Å². The van der Waals surface area contributed by atoms with Gasteiger partial charge in [-0.3, -0.25) is 14.5 Å². The molecule has 0 radical (unpaired) electrons. The average molecular weight is 424 g/mol. The van der Waals surface area contributed by atoms with Crippen LogP contribution in [0, 0.1) is 19.8 Å². The van der Waals surface area contributed by atoms with E-state index < -0.39 is 0 Å². The highest BCUT2D eigenvalue weighted by atomic mass is 16.5. The zero-order valence-corrected chi connectivity index (χ0v) is 18.7. The Labute approximate surface area is 185 Å². The molecular formula is C25H33N3O3.